The Morgan fingerprint density at radius 3 is 2.44 bits per heavy atom. The number of hydrogen-bond donors (Lipinski definition) is 0. The van der Waals surface area contributed by atoms with Gasteiger partial charge in [0.25, 0.3) is 0 Å². The highest BCUT2D eigenvalue weighted by Gasteiger charge is 2.26. The lowest BCUT2D eigenvalue weighted by Crippen LogP contribution is -2.22. The first-order chi connectivity index (χ1) is 7.87. The van der Waals surface area contributed by atoms with Gasteiger partial charge in [0.15, 0.2) is 0 Å². The highest BCUT2D eigenvalue weighted by atomic mass is 16.1. The van der Waals surface area contributed by atoms with Gasteiger partial charge in [-0.25, -0.2) is 0 Å². The van der Waals surface area contributed by atoms with Crippen molar-refractivity contribution in [3.63, 3.8) is 0 Å². The summed E-state index contributed by atoms with van der Waals surface area (Å²) in [6.07, 6.45) is 12.3. The summed E-state index contributed by atoms with van der Waals surface area (Å²) < 4.78 is 0. The van der Waals surface area contributed by atoms with Gasteiger partial charge in [0.2, 0.25) is 0 Å². The summed E-state index contributed by atoms with van der Waals surface area (Å²) in [5.74, 6) is 0. The molecule has 1 aromatic carbocycles. The lowest BCUT2D eigenvalue weighted by atomic mass is 9.74. The van der Waals surface area contributed by atoms with Gasteiger partial charge in [-0.15, -0.1) is 0 Å². The van der Waals surface area contributed by atoms with E-state index < -0.39 is 0 Å². The van der Waals surface area contributed by atoms with Crippen molar-refractivity contribution >= 4 is 6.29 Å². The Bertz CT molecular complexity index is 389. The van der Waals surface area contributed by atoms with Crippen LogP contribution in [0.25, 0.3) is 0 Å². The molecule has 0 aliphatic heterocycles. The number of carbonyl (C=O) groups is 1. The molecule has 1 aromatic rings. The van der Waals surface area contributed by atoms with Gasteiger partial charge in [-0.05, 0) is 18.4 Å². The van der Waals surface area contributed by atoms with E-state index in [-0.39, 0.29) is 5.41 Å². The average Bonchev–Trinajstić information content (AvgIpc) is 2.38. The summed E-state index contributed by atoms with van der Waals surface area (Å²) in [6.45, 7) is 0. The molecule has 16 heavy (non-hydrogen) atoms. The van der Waals surface area contributed by atoms with Crippen LogP contribution in [0.3, 0.4) is 0 Å². The second-order valence-corrected chi connectivity index (χ2v) is 4.15. The van der Waals surface area contributed by atoms with E-state index in [2.05, 4.69) is 36.4 Å². The maximum Gasteiger partial charge on any atom is 0.120 e. The van der Waals surface area contributed by atoms with Gasteiger partial charge in [0, 0.05) is 11.8 Å². The molecule has 0 fully saturated rings. The van der Waals surface area contributed by atoms with E-state index in [0.717, 1.165) is 19.1 Å². The Morgan fingerprint density at radius 1 is 1.12 bits per heavy atom. The Balaban J connectivity index is 2.34. The Hall–Kier alpha value is -1.63. The van der Waals surface area contributed by atoms with E-state index in [1.165, 1.54) is 5.56 Å². The SMILES string of the molecule is O=CCCC1(c2ccccc2)C=CCC=C1. The predicted molar refractivity (Wildman–Crippen MR) is 66.3 cm³/mol. The molecule has 1 nitrogen and oxygen atoms in total. The molecule has 0 atom stereocenters. The first kappa shape index (κ1) is 10.9. The highest BCUT2D eigenvalue weighted by Crippen LogP contribution is 2.34. The molecule has 0 saturated heterocycles. The third kappa shape index (κ3) is 2.13. The average molecular weight is 212 g/mol. The summed E-state index contributed by atoms with van der Waals surface area (Å²) in [5, 5.41) is 0. The fourth-order valence-corrected chi connectivity index (χ4v) is 2.24. The van der Waals surface area contributed by atoms with Crippen LogP contribution >= 0.6 is 0 Å². The molecule has 0 unspecified atom stereocenters. The first-order valence-corrected chi connectivity index (χ1v) is 5.72. The lowest BCUT2D eigenvalue weighted by Gasteiger charge is -2.29. The Labute approximate surface area is 96.5 Å². The van der Waals surface area contributed by atoms with Crippen LogP contribution in [0.4, 0.5) is 0 Å². The molecule has 0 heterocycles. The molecule has 82 valence electrons. The molecule has 0 radical (unpaired) electrons. The third-order valence-electron chi connectivity index (χ3n) is 3.09. The summed E-state index contributed by atoms with van der Waals surface area (Å²) in [6, 6.07) is 10.4. The van der Waals surface area contributed by atoms with Crippen LogP contribution in [-0.2, 0) is 10.2 Å². The second-order valence-electron chi connectivity index (χ2n) is 4.15. The van der Waals surface area contributed by atoms with Crippen LogP contribution in [0, 0.1) is 0 Å². The number of allylic oxidation sites excluding steroid dienone is 4. The number of carbonyl (C=O) groups excluding carboxylic acids is 1. The normalized spacial score (nSPS) is 17.2. The maximum absolute atomic E-state index is 10.6. The molecule has 0 bridgehead atoms. The minimum atomic E-state index is -0.0690. The molecule has 0 N–H and O–H groups in total. The smallest absolute Gasteiger partial charge is 0.120 e. The molecular weight excluding hydrogens is 196 g/mol. The molecule has 0 saturated carbocycles. The summed E-state index contributed by atoms with van der Waals surface area (Å²) in [7, 11) is 0. The molecular formula is C15H16O. The minimum absolute atomic E-state index is 0.0690. The van der Waals surface area contributed by atoms with E-state index in [1.54, 1.807) is 0 Å². The van der Waals surface area contributed by atoms with E-state index in [4.69, 9.17) is 0 Å². The van der Waals surface area contributed by atoms with Gasteiger partial charge in [-0.2, -0.15) is 0 Å². The zero-order chi connectivity index (χ0) is 11.3. The zero-order valence-corrected chi connectivity index (χ0v) is 9.30. The van der Waals surface area contributed by atoms with Crippen LogP contribution in [0.1, 0.15) is 24.8 Å². The number of rotatable bonds is 4. The molecule has 1 aliphatic carbocycles. The van der Waals surface area contributed by atoms with Crippen molar-refractivity contribution in [1.82, 2.24) is 0 Å². The minimum Gasteiger partial charge on any atom is -0.303 e. The van der Waals surface area contributed by atoms with E-state index in [0.29, 0.717) is 6.42 Å². The van der Waals surface area contributed by atoms with Crippen molar-refractivity contribution in [3.8, 4) is 0 Å². The summed E-state index contributed by atoms with van der Waals surface area (Å²) >= 11 is 0. The fourth-order valence-electron chi connectivity index (χ4n) is 2.24. The van der Waals surface area contributed by atoms with Crippen LogP contribution in [0.15, 0.2) is 54.6 Å². The third-order valence-corrected chi connectivity index (χ3v) is 3.09. The molecule has 0 amide bonds. The number of benzene rings is 1. The van der Waals surface area contributed by atoms with E-state index in [9.17, 15) is 4.79 Å². The Morgan fingerprint density at radius 2 is 1.81 bits per heavy atom. The molecule has 1 heteroatoms. The van der Waals surface area contributed by atoms with Crippen molar-refractivity contribution in [2.45, 2.75) is 24.7 Å². The van der Waals surface area contributed by atoms with Crippen molar-refractivity contribution in [3.05, 3.63) is 60.2 Å². The maximum atomic E-state index is 10.6. The van der Waals surface area contributed by atoms with Gasteiger partial charge in [0.05, 0.1) is 0 Å². The number of aldehydes is 1. The lowest BCUT2D eigenvalue weighted by molar-refractivity contribution is -0.108. The van der Waals surface area contributed by atoms with Gasteiger partial charge < -0.3 is 4.79 Å². The quantitative estimate of drug-likeness (QED) is 0.552. The standard InChI is InChI=1S/C15H16O/c16-13-7-12-15(10-5-2-6-11-15)14-8-3-1-4-9-14/h1,3-6,8-11,13H,2,7,12H2. The highest BCUT2D eigenvalue weighted by molar-refractivity contribution is 5.51. The van der Waals surface area contributed by atoms with E-state index in [1.807, 2.05) is 18.2 Å². The first-order valence-electron chi connectivity index (χ1n) is 5.72. The number of hydrogen-bond acceptors (Lipinski definition) is 1. The van der Waals surface area contributed by atoms with Gasteiger partial charge in [0.1, 0.15) is 6.29 Å². The van der Waals surface area contributed by atoms with Crippen LogP contribution in [-0.4, -0.2) is 6.29 Å². The monoisotopic (exact) mass is 212 g/mol. The van der Waals surface area contributed by atoms with Gasteiger partial charge in [-0.3, -0.25) is 0 Å². The van der Waals surface area contributed by atoms with Crippen molar-refractivity contribution in [1.29, 1.82) is 0 Å². The van der Waals surface area contributed by atoms with Gasteiger partial charge in [-0.1, -0.05) is 54.6 Å². The molecule has 0 spiro atoms. The molecule has 0 aromatic heterocycles. The van der Waals surface area contributed by atoms with Crippen molar-refractivity contribution < 1.29 is 4.79 Å². The molecule has 2 rings (SSSR count). The van der Waals surface area contributed by atoms with Crippen LogP contribution in [0.2, 0.25) is 0 Å². The predicted octanol–water partition coefficient (Wildman–Crippen LogP) is 3.42. The van der Waals surface area contributed by atoms with Crippen molar-refractivity contribution in [2.24, 2.45) is 0 Å². The van der Waals surface area contributed by atoms with Gasteiger partial charge >= 0.3 is 0 Å². The second kappa shape index (κ2) is 4.93. The summed E-state index contributed by atoms with van der Waals surface area (Å²) in [4.78, 5) is 10.6. The zero-order valence-electron chi connectivity index (χ0n) is 9.30. The topological polar surface area (TPSA) is 17.1 Å². The fraction of sp³-hybridized carbons (Fsp3) is 0.267. The molecule has 1 aliphatic rings. The van der Waals surface area contributed by atoms with Crippen molar-refractivity contribution in [2.75, 3.05) is 0 Å². The largest absolute Gasteiger partial charge is 0.303 e. The van der Waals surface area contributed by atoms with Crippen LogP contribution in [0.5, 0.6) is 0 Å². The van der Waals surface area contributed by atoms with E-state index >= 15 is 0 Å². The Kier molecular flexibility index (Phi) is 3.35. The van der Waals surface area contributed by atoms with Crippen LogP contribution < -0.4 is 0 Å². The summed E-state index contributed by atoms with van der Waals surface area (Å²) in [5.41, 5.74) is 1.20.